The molecule has 156 valence electrons. The number of rotatable bonds is 9. The van der Waals surface area contributed by atoms with Crippen molar-refractivity contribution < 1.29 is 14.3 Å². The number of amides is 2. The van der Waals surface area contributed by atoms with E-state index in [4.69, 9.17) is 4.74 Å². The molecule has 1 aliphatic heterocycles. The van der Waals surface area contributed by atoms with Crippen LogP contribution in [0.2, 0.25) is 0 Å². The molecule has 7 heteroatoms. The molecule has 0 spiro atoms. The molecule has 1 fully saturated rings. The van der Waals surface area contributed by atoms with Crippen molar-refractivity contribution >= 4 is 23.2 Å². The Morgan fingerprint density at radius 1 is 1.17 bits per heavy atom. The third kappa shape index (κ3) is 6.96. The number of aryl methyl sites for hydroxylation is 1. The largest absolute Gasteiger partial charge is 0.379 e. The van der Waals surface area contributed by atoms with Crippen LogP contribution in [0.3, 0.4) is 0 Å². The van der Waals surface area contributed by atoms with Crippen LogP contribution in [0.15, 0.2) is 41.1 Å². The molecule has 29 heavy (non-hydrogen) atoms. The standard InChI is InChI=1S/C22H29N3O3S/c1-17-4-6-18(7-5-17)20(15-25-10-12-28-13-11-25)24-21(26)3-2-9-23-22(27)19-8-14-29-16-19/h4-8,14,16,20H,2-3,9-13,15H2,1H3,(H,23,27)(H,24,26). The Bertz CT molecular complexity index is 771. The molecule has 0 aliphatic carbocycles. The molecule has 3 rings (SSSR count). The van der Waals surface area contributed by atoms with E-state index in [1.54, 1.807) is 6.07 Å². The summed E-state index contributed by atoms with van der Waals surface area (Å²) in [4.78, 5) is 26.8. The summed E-state index contributed by atoms with van der Waals surface area (Å²) in [6.45, 7) is 6.55. The molecule has 1 atom stereocenters. The van der Waals surface area contributed by atoms with Crippen LogP contribution >= 0.6 is 11.3 Å². The molecule has 1 saturated heterocycles. The molecule has 1 aliphatic rings. The summed E-state index contributed by atoms with van der Waals surface area (Å²) in [5.74, 6) is -0.0786. The van der Waals surface area contributed by atoms with Gasteiger partial charge in [-0.3, -0.25) is 14.5 Å². The smallest absolute Gasteiger partial charge is 0.252 e. The Morgan fingerprint density at radius 2 is 1.93 bits per heavy atom. The molecule has 0 bridgehead atoms. The van der Waals surface area contributed by atoms with E-state index in [0.29, 0.717) is 24.9 Å². The lowest BCUT2D eigenvalue weighted by atomic mass is 10.0. The molecular weight excluding hydrogens is 386 g/mol. The van der Waals surface area contributed by atoms with Gasteiger partial charge in [-0.2, -0.15) is 11.3 Å². The summed E-state index contributed by atoms with van der Waals surface area (Å²) in [5, 5.41) is 9.74. The summed E-state index contributed by atoms with van der Waals surface area (Å²) < 4.78 is 5.43. The van der Waals surface area contributed by atoms with Crippen molar-refractivity contribution in [3.8, 4) is 0 Å². The minimum Gasteiger partial charge on any atom is -0.379 e. The number of carbonyl (C=O) groups is 2. The Kier molecular flexibility index (Phi) is 8.22. The van der Waals surface area contributed by atoms with Gasteiger partial charge in [-0.1, -0.05) is 29.8 Å². The van der Waals surface area contributed by atoms with E-state index in [1.807, 2.05) is 10.8 Å². The van der Waals surface area contributed by atoms with E-state index < -0.39 is 0 Å². The highest BCUT2D eigenvalue weighted by atomic mass is 32.1. The molecule has 2 aromatic rings. The maximum atomic E-state index is 12.5. The van der Waals surface area contributed by atoms with Crippen molar-refractivity contribution in [2.24, 2.45) is 0 Å². The van der Waals surface area contributed by atoms with Crippen LogP contribution in [-0.2, 0) is 9.53 Å². The van der Waals surface area contributed by atoms with E-state index in [2.05, 4.69) is 46.7 Å². The van der Waals surface area contributed by atoms with Crippen LogP contribution in [-0.4, -0.2) is 56.1 Å². The van der Waals surface area contributed by atoms with E-state index in [0.717, 1.165) is 38.4 Å². The molecule has 1 unspecified atom stereocenters. The highest BCUT2D eigenvalue weighted by Gasteiger charge is 2.20. The second-order valence-corrected chi connectivity index (χ2v) is 8.10. The van der Waals surface area contributed by atoms with Gasteiger partial charge in [0.2, 0.25) is 5.91 Å². The number of thiophene rings is 1. The summed E-state index contributed by atoms with van der Waals surface area (Å²) in [7, 11) is 0. The van der Waals surface area contributed by atoms with Crippen LogP contribution in [0.5, 0.6) is 0 Å². The second kappa shape index (κ2) is 11.1. The van der Waals surface area contributed by atoms with Gasteiger partial charge < -0.3 is 15.4 Å². The van der Waals surface area contributed by atoms with Gasteiger partial charge in [0.25, 0.3) is 5.91 Å². The van der Waals surface area contributed by atoms with E-state index in [1.165, 1.54) is 16.9 Å². The highest BCUT2D eigenvalue weighted by Crippen LogP contribution is 2.17. The van der Waals surface area contributed by atoms with E-state index in [9.17, 15) is 9.59 Å². The van der Waals surface area contributed by atoms with Gasteiger partial charge in [-0.05, 0) is 30.4 Å². The molecule has 2 N–H and O–H groups in total. The lowest BCUT2D eigenvalue weighted by Crippen LogP contribution is -2.43. The van der Waals surface area contributed by atoms with Gasteiger partial charge in [-0.15, -0.1) is 0 Å². The second-order valence-electron chi connectivity index (χ2n) is 7.32. The number of morpholine rings is 1. The summed E-state index contributed by atoms with van der Waals surface area (Å²) in [5.41, 5.74) is 2.98. The normalized spacial score (nSPS) is 15.6. The summed E-state index contributed by atoms with van der Waals surface area (Å²) >= 11 is 1.49. The quantitative estimate of drug-likeness (QED) is 0.618. The fourth-order valence-corrected chi connectivity index (χ4v) is 3.92. The number of ether oxygens (including phenoxy) is 1. The zero-order valence-corrected chi connectivity index (χ0v) is 17.7. The SMILES string of the molecule is Cc1ccc(C(CN2CCOCC2)NC(=O)CCCNC(=O)c2ccsc2)cc1. The Hall–Kier alpha value is -2.22. The van der Waals surface area contributed by atoms with Gasteiger partial charge in [0.1, 0.15) is 0 Å². The molecule has 1 aromatic heterocycles. The lowest BCUT2D eigenvalue weighted by Gasteiger charge is -2.31. The van der Waals surface area contributed by atoms with Crippen molar-refractivity contribution in [3.05, 3.63) is 57.8 Å². The molecule has 0 saturated carbocycles. The lowest BCUT2D eigenvalue weighted by molar-refractivity contribution is -0.122. The maximum absolute atomic E-state index is 12.5. The van der Waals surface area contributed by atoms with E-state index >= 15 is 0 Å². The van der Waals surface area contributed by atoms with Crippen LogP contribution in [0.4, 0.5) is 0 Å². The van der Waals surface area contributed by atoms with Gasteiger partial charge >= 0.3 is 0 Å². The number of benzene rings is 1. The Labute approximate surface area is 176 Å². The zero-order valence-electron chi connectivity index (χ0n) is 16.9. The van der Waals surface area contributed by atoms with Crippen LogP contribution in [0.1, 0.15) is 40.4 Å². The highest BCUT2D eigenvalue weighted by molar-refractivity contribution is 7.08. The van der Waals surface area contributed by atoms with Crippen LogP contribution in [0.25, 0.3) is 0 Å². The summed E-state index contributed by atoms with van der Waals surface area (Å²) in [6.07, 6.45) is 0.995. The topological polar surface area (TPSA) is 70.7 Å². The van der Waals surface area contributed by atoms with Gasteiger partial charge in [-0.25, -0.2) is 0 Å². The van der Waals surface area contributed by atoms with Crippen molar-refractivity contribution in [1.29, 1.82) is 0 Å². The van der Waals surface area contributed by atoms with Crippen LogP contribution in [0, 0.1) is 6.92 Å². The number of nitrogens with zero attached hydrogens (tertiary/aromatic N) is 1. The average molecular weight is 416 g/mol. The fraction of sp³-hybridized carbons (Fsp3) is 0.455. The summed E-state index contributed by atoms with van der Waals surface area (Å²) in [6, 6.07) is 10.1. The third-order valence-corrected chi connectivity index (χ3v) is 5.69. The first-order valence-electron chi connectivity index (χ1n) is 10.1. The van der Waals surface area contributed by atoms with Crippen LogP contribution < -0.4 is 10.6 Å². The molecule has 2 heterocycles. The van der Waals surface area contributed by atoms with Crippen molar-refractivity contribution in [2.75, 3.05) is 39.4 Å². The first-order chi connectivity index (χ1) is 14.1. The molecular formula is C22H29N3O3S. The van der Waals surface area contributed by atoms with Gasteiger partial charge in [0.15, 0.2) is 0 Å². The Morgan fingerprint density at radius 3 is 2.62 bits per heavy atom. The molecule has 6 nitrogen and oxygen atoms in total. The Balaban J connectivity index is 1.48. The zero-order chi connectivity index (χ0) is 20.5. The van der Waals surface area contributed by atoms with Gasteiger partial charge in [0.05, 0.1) is 19.3 Å². The van der Waals surface area contributed by atoms with Crippen molar-refractivity contribution in [1.82, 2.24) is 15.5 Å². The minimum absolute atomic E-state index is 0.00798. The van der Waals surface area contributed by atoms with E-state index in [-0.39, 0.29) is 17.9 Å². The monoisotopic (exact) mass is 415 g/mol. The van der Waals surface area contributed by atoms with Crippen molar-refractivity contribution in [2.45, 2.75) is 25.8 Å². The number of hydrogen-bond acceptors (Lipinski definition) is 5. The molecule has 0 radical (unpaired) electrons. The predicted molar refractivity (Wildman–Crippen MR) is 115 cm³/mol. The number of nitrogens with one attached hydrogen (secondary N) is 2. The fourth-order valence-electron chi connectivity index (χ4n) is 3.29. The molecule has 2 amide bonds. The first kappa shape index (κ1) is 21.5. The minimum atomic E-state index is -0.0866. The predicted octanol–water partition coefficient (Wildman–Crippen LogP) is 2.76. The average Bonchev–Trinajstić information content (AvgIpc) is 3.27. The molecule has 1 aromatic carbocycles. The van der Waals surface area contributed by atoms with Gasteiger partial charge in [0, 0.05) is 43.5 Å². The number of hydrogen-bond donors (Lipinski definition) is 2. The first-order valence-corrected chi connectivity index (χ1v) is 11.0. The maximum Gasteiger partial charge on any atom is 0.252 e. The van der Waals surface area contributed by atoms with Crippen molar-refractivity contribution in [3.63, 3.8) is 0 Å². The number of carbonyl (C=O) groups excluding carboxylic acids is 2. The third-order valence-electron chi connectivity index (χ3n) is 5.01.